The summed E-state index contributed by atoms with van der Waals surface area (Å²) in [5, 5.41) is 5.08. The first-order valence-electron chi connectivity index (χ1n) is 10.3. The van der Waals surface area contributed by atoms with Crippen molar-refractivity contribution < 1.29 is 13.9 Å². The van der Waals surface area contributed by atoms with Gasteiger partial charge in [0.15, 0.2) is 5.65 Å². The fraction of sp³-hybridized carbons (Fsp3) is 0.174. The van der Waals surface area contributed by atoms with Gasteiger partial charge in [0, 0.05) is 19.2 Å². The van der Waals surface area contributed by atoms with Gasteiger partial charge in [0.1, 0.15) is 23.6 Å². The number of anilines is 1. The van der Waals surface area contributed by atoms with E-state index < -0.39 is 5.95 Å². The number of rotatable bonds is 5. The van der Waals surface area contributed by atoms with Crippen LogP contribution in [0.4, 0.5) is 10.2 Å². The van der Waals surface area contributed by atoms with Gasteiger partial charge in [-0.05, 0) is 30.7 Å². The van der Waals surface area contributed by atoms with Crippen molar-refractivity contribution in [3.8, 4) is 22.9 Å². The second-order valence-corrected chi connectivity index (χ2v) is 7.58. The van der Waals surface area contributed by atoms with Crippen LogP contribution in [0.15, 0.2) is 61.4 Å². The number of nitrogens with two attached hydrogens (primary N) is 1. The van der Waals surface area contributed by atoms with Gasteiger partial charge in [-0.2, -0.15) is 14.5 Å². The van der Waals surface area contributed by atoms with Gasteiger partial charge in [0.05, 0.1) is 17.0 Å². The van der Waals surface area contributed by atoms with Crippen molar-refractivity contribution in [2.24, 2.45) is 0 Å². The molecule has 1 aliphatic heterocycles. The van der Waals surface area contributed by atoms with Crippen LogP contribution >= 0.6 is 0 Å². The summed E-state index contributed by atoms with van der Waals surface area (Å²) in [6.07, 6.45) is 3.30. The molecule has 1 atom stereocenters. The third kappa shape index (κ3) is 3.75. The van der Waals surface area contributed by atoms with Crippen molar-refractivity contribution in [1.82, 2.24) is 29.6 Å². The van der Waals surface area contributed by atoms with Crippen LogP contribution in [0.3, 0.4) is 0 Å². The lowest BCUT2D eigenvalue weighted by Crippen LogP contribution is -2.27. The van der Waals surface area contributed by atoms with E-state index in [0.29, 0.717) is 36.3 Å². The van der Waals surface area contributed by atoms with Gasteiger partial charge in [-0.15, -0.1) is 0 Å². The Hall–Kier alpha value is -4.34. The molecule has 0 bridgehead atoms. The molecule has 0 unspecified atom stereocenters. The van der Waals surface area contributed by atoms with Gasteiger partial charge in [-0.3, -0.25) is 4.79 Å². The average Bonchev–Trinajstić information content (AvgIpc) is 3.45. The Morgan fingerprint density at radius 3 is 2.79 bits per heavy atom. The number of para-hydroxylation sites is 1. The maximum atomic E-state index is 15.1. The van der Waals surface area contributed by atoms with E-state index in [1.807, 2.05) is 18.2 Å². The monoisotopic (exact) mass is 445 g/mol. The maximum Gasteiger partial charge on any atom is 0.246 e. The van der Waals surface area contributed by atoms with Gasteiger partial charge in [0.25, 0.3) is 0 Å². The first-order chi connectivity index (χ1) is 16.0. The summed E-state index contributed by atoms with van der Waals surface area (Å²) in [5.41, 5.74) is 7.04. The minimum Gasteiger partial charge on any atom is -0.439 e. The molecule has 0 radical (unpaired) electrons. The van der Waals surface area contributed by atoms with E-state index in [2.05, 4.69) is 26.6 Å². The maximum absolute atomic E-state index is 15.1. The van der Waals surface area contributed by atoms with Crippen LogP contribution in [0.1, 0.15) is 12.5 Å². The molecule has 5 rings (SSSR count). The number of likely N-dealkylation sites (tertiary alicyclic amines) is 1. The van der Waals surface area contributed by atoms with E-state index in [1.54, 1.807) is 33.8 Å². The Bertz CT molecular complexity index is 1360. The van der Waals surface area contributed by atoms with Gasteiger partial charge in [0.2, 0.25) is 17.7 Å². The molecule has 1 fully saturated rings. The molecule has 166 valence electrons. The Morgan fingerprint density at radius 1 is 1.21 bits per heavy atom. The number of fused-ring (bicyclic) bond motifs is 1. The zero-order valence-corrected chi connectivity index (χ0v) is 17.6. The van der Waals surface area contributed by atoms with Crippen LogP contribution in [-0.4, -0.2) is 48.6 Å². The number of nitrogens with zero attached hydrogens (tertiary/aromatic N) is 6. The predicted octanol–water partition coefficient (Wildman–Crippen LogP) is 3.36. The highest BCUT2D eigenvalue weighted by Crippen LogP contribution is 2.35. The molecular formula is C23H20FN7O2. The Labute approximate surface area is 188 Å². The molecule has 1 amide bonds. The molecule has 3 aromatic heterocycles. The minimum atomic E-state index is -0.756. The second kappa shape index (κ2) is 8.30. The molecule has 4 aromatic rings. The fourth-order valence-corrected chi connectivity index (χ4v) is 3.97. The highest BCUT2D eigenvalue weighted by atomic mass is 19.1. The number of amides is 1. The molecule has 33 heavy (non-hydrogen) atoms. The largest absolute Gasteiger partial charge is 0.439 e. The fourth-order valence-electron chi connectivity index (χ4n) is 3.97. The number of ether oxygens (including phenoxy) is 1. The van der Waals surface area contributed by atoms with E-state index in [0.717, 1.165) is 0 Å². The number of hydrogen-bond acceptors (Lipinski definition) is 7. The van der Waals surface area contributed by atoms with E-state index >= 15 is 4.39 Å². The number of benzene rings is 1. The molecule has 0 saturated carbocycles. The van der Waals surface area contributed by atoms with Crippen LogP contribution in [0, 0.1) is 5.95 Å². The Morgan fingerprint density at radius 2 is 2.03 bits per heavy atom. The molecule has 4 heterocycles. The smallest absolute Gasteiger partial charge is 0.246 e. The van der Waals surface area contributed by atoms with E-state index in [1.165, 1.54) is 12.4 Å². The van der Waals surface area contributed by atoms with E-state index in [4.69, 9.17) is 10.5 Å². The number of carbonyl (C=O) groups is 1. The zero-order chi connectivity index (χ0) is 22.9. The molecule has 1 aromatic carbocycles. The lowest BCUT2D eigenvalue weighted by atomic mass is 10.1. The van der Waals surface area contributed by atoms with Gasteiger partial charge in [-0.1, -0.05) is 24.8 Å². The average molecular weight is 445 g/mol. The van der Waals surface area contributed by atoms with Crippen molar-refractivity contribution in [3.63, 3.8) is 0 Å². The molecule has 0 aliphatic carbocycles. The summed E-state index contributed by atoms with van der Waals surface area (Å²) in [5.74, 6) is -0.0582. The first kappa shape index (κ1) is 20.6. The normalized spacial score (nSPS) is 15.7. The number of aromatic nitrogens is 5. The Balaban J connectivity index is 1.54. The number of pyridine rings is 1. The van der Waals surface area contributed by atoms with Crippen LogP contribution in [-0.2, 0) is 4.79 Å². The summed E-state index contributed by atoms with van der Waals surface area (Å²) in [4.78, 5) is 26.0. The third-order valence-corrected chi connectivity index (χ3v) is 5.56. The van der Waals surface area contributed by atoms with Crippen molar-refractivity contribution in [2.75, 3.05) is 18.8 Å². The molecule has 9 nitrogen and oxygen atoms in total. The molecule has 0 spiro atoms. The van der Waals surface area contributed by atoms with Gasteiger partial charge >= 0.3 is 0 Å². The van der Waals surface area contributed by atoms with Gasteiger partial charge < -0.3 is 15.4 Å². The summed E-state index contributed by atoms with van der Waals surface area (Å²) in [6.45, 7) is 4.55. The van der Waals surface area contributed by atoms with Crippen molar-refractivity contribution in [3.05, 3.63) is 67.4 Å². The summed E-state index contributed by atoms with van der Waals surface area (Å²) in [7, 11) is 0. The topological polar surface area (TPSA) is 112 Å². The third-order valence-electron chi connectivity index (χ3n) is 5.56. The number of hydrogen-bond donors (Lipinski definition) is 1. The van der Waals surface area contributed by atoms with Crippen molar-refractivity contribution in [2.45, 2.75) is 12.5 Å². The highest BCUT2D eigenvalue weighted by molar-refractivity contribution is 5.98. The summed E-state index contributed by atoms with van der Waals surface area (Å²) >= 11 is 0. The zero-order valence-electron chi connectivity index (χ0n) is 17.6. The molecular weight excluding hydrogens is 425 g/mol. The van der Waals surface area contributed by atoms with E-state index in [-0.39, 0.29) is 34.9 Å². The second-order valence-electron chi connectivity index (χ2n) is 7.58. The predicted molar refractivity (Wildman–Crippen MR) is 120 cm³/mol. The van der Waals surface area contributed by atoms with Crippen LogP contribution in [0.25, 0.3) is 22.3 Å². The standard InChI is InChI=1S/C23H20FN7O2/c1-2-18(32)30-11-10-14(12-30)31-23-19(22(25)26-13-27-23)20(29-31)16-8-9-17(28-21(16)24)33-15-6-4-3-5-7-15/h2-9,13-14H,1,10-12H2,(H2,25,26,27)/t14-/m1/s1. The Kier molecular flexibility index (Phi) is 5.17. The number of nitrogen functional groups attached to an aromatic ring is 1. The van der Waals surface area contributed by atoms with Crippen LogP contribution < -0.4 is 10.5 Å². The molecule has 10 heteroatoms. The summed E-state index contributed by atoms with van der Waals surface area (Å²) in [6, 6.07) is 12.0. The summed E-state index contributed by atoms with van der Waals surface area (Å²) < 4.78 is 22.4. The highest BCUT2D eigenvalue weighted by Gasteiger charge is 2.30. The molecule has 2 N–H and O–H groups in total. The van der Waals surface area contributed by atoms with Crippen LogP contribution in [0.2, 0.25) is 0 Å². The lowest BCUT2D eigenvalue weighted by Gasteiger charge is -2.14. The molecule has 1 aliphatic rings. The van der Waals surface area contributed by atoms with Crippen molar-refractivity contribution >= 4 is 22.8 Å². The van der Waals surface area contributed by atoms with E-state index in [9.17, 15) is 4.79 Å². The lowest BCUT2D eigenvalue weighted by molar-refractivity contribution is -0.125. The minimum absolute atomic E-state index is 0.116. The first-order valence-corrected chi connectivity index (χ1v) is 10.3. The number of halogens is 1. The molecule has 1 saturated heterocycles. The van der Waals surface area contributed by atoms with Gasteiger partial charge in [-0.25, -0.2) is 14.6 Å². The SMILES string of the molecule is C=CC(=O)N1CC[C@@H](n2nc(-c3ccc(Oc4ccccc4)nc3F)c3c(N)ncnc32)C1. The van der Waals surface area contributed by atoms with Crippen molar-refractivity contribution in [1.29, 1.82) is 0 Å². The van der Waals surface area contributed by atoms with Crippen LogP contribution in [0.5, 0.6) is 11.6 Å². The quantitative estimate of drug-likeness (QED) is 0.370. The number of carbonyl (C=O) groups excluding carboxylic acids is 1.